The van der Waals surface area contributed by atoms with Crippen LogP contribution in [0.1, 0.15) is 43.0 Å². The zero-order chi connectivity index (χ0) is 17.7. The molecule has 2 atom stereocenters. The molecule has 1 amide bonds. The standard InChI is InChI=1S/C20H24FNO2/c1-5-19(16-7-6-13(2)14(3)12-16)22-20(23)15(4)24-18-10-8-17(21)9-11-18/h6-12,15,19H,5H2,1-4H3,(H,22,23)/t15-,19+/m0/s1. The first-order valence-electron chi connectivity index (χ1n) is 8.20. The van der Waals surface area contributed by atoms with Crippen LogP contribution in [0.2, 0.25) is 0 Å². The molecular weight excluding hydrogens is 305 g/mol. The summed E-state index contributed by atoms with van der Waals surface area (Å²) in [6, 6.07) is 11.8. The van der Waals surface area contributed by atoms with Gasteiger partial charge in [0.15, 0.2) is 6.10 Å². The van der Waals surface area contributed by atoms with Gasteiger partial charge in [0.25, 0.3) is 5.91 Å². The van der Waals surface area contributed by atoms with Crippen molar-refractivity contribution >= 4 is 5.91 Å². The van der Waals surface area contributed by atoms with Crippen LogP contribution in [0.25, 0.3) is 0 Å². The Balaban J connectivity index is 2.02. The van der Waals surface area contributed by atoms with Crippen LogP contribution in [0.15, 0.2) is 42.5 Å². The zero-order valence-corrected chi connectivity index (χ0v) is 14.6. The molecule has 0 aliphatic heterocycles. The minimum Gasteiger partial charge on any atom is -0.481 e. The van der Waals surface area contributed by atoms with Gasteiger partial charge in [-0.2, -0.15) is 0 Å². The zero-order valence-electron chi connectivity index (χ0n) is 14.6. The summed E-state index contributed by atoms with van der Waals surface area (Å²) in [5.74, 6) is -0.0528. The smallest absolute Gasteiger partial charge is 0.261 e. The second-order valence-electron chi connectivity index (χ2n) is 6.03. The van der Waals surface area contributed by atoms with Crippen LogP contribution in [0.3, 0.4) is 0 Å². The molecule has 2 rings (SSSR count). The number of rotatable bonds is 6. The lowest BCUT2D eigenvalue weighted by atomic mass is 9.99. The Labute approximate surface area is 142 Å². The van der Waals surface area contributed by atoms with E-state index in [0.29, 0.717) is 5.75 Å². The lowest BCUT2D eigenvalue weighted by Crippen LogP contribution is -2.38. The number of hydrogen-bond donors (Lipinski definition) is 1. The topological polar surface area (TPSA) is 38.3 Å². The van der Waals surface area contributed by atoms with Gasteiger partial charge in [0.05, 0.1) is 6.04 Å². The minimum absolute atomic E-state index is 0.0592. The van der Waals surface area contributed by atoms with Gasteiger partial charge in [-0.05, 0) is 68.1 Å². The summed E-state index contributed by atoms with van der Waals surface area (Å²) in [4.78, 5) is 12.4. The van der Waals surface area contributed by atoms with Gasteiger partial charge in [-0.1, -0.05) is 25.1 Å². The molecule has 1 N–H and O–H groups in total. The fourth-order valence-corrected chi connectivity index (χ4v) is 2.46. The van der Waals surface area contributed by atoms with Crippen LogP contribution in [-0.2, 0) is 4.79 Å². The third-order valence-corrected chi connectivity index (χ3v) is 4.15. The second kappa shape index (κ2) is 7.95. The monoisotopic (exact) mass is 329 g/mol. The molecule has 0 bridgehead atoms. The average Bonchev–Trinajstić information content (AvgIpc) is 2.57. The number of benzene rings is 2. The number of amides is 1. The molecule has 0 unspecified atom stereocenters. The van der Waals surface area contributed by atoms with Gasteiger partial charge in [0.2, 0.25) is 0 Å². The van der Waals surface area contributed by atoms with Crippen molar-refractivity contribution in [3.8, 4) is 5.75 Å². The molecule has 3 nitrogen and oxygen atoms in total. The first-order chi connectivity index (χ1) is 11.4. The number of hydrogen-bond acceptors (Lipinski definition) is 2. The van der Waals surface area contributed by atoms with Crippen molar-refractivity contribution in [2.45, 2.75) is 46.3 Å². The molecular formula is C20H24FNO2. The van der Waals surface area contributed by atoms with E-state index < -0.39 is 6.10 Å². The van der Waals surface area contributed by atoms with E-state index in [4.69, 9.17) is 4.74 Å². The molecule has 0 spiro atoms. The van der Waals surface area contributed by atoms with E-state index in [0.717, 1.165) is 12.0 Å². The molecule has 0 aromatic heterocycles. The number of halogens is 1. The molecule has 0 aliphatic rings. The summed E-state index contributed by atoms with van der Waals surface area (Å²) in [6.07, 6.45) is 0.133. The highest BCUT2D eigenvalue weighted by atomic mass is 19.1. The molecule has 0 heterocycles. The quantitative estimate of drug-likeness (QED) is 0.849. The van der Waals surface area contributed by atoms with Crippen LogP contribution < -0.4 is 10.1 Å². The fraction of sp³-hybridized carbons (Fsp3) is 0.350. The van der Waals surface area contributed by atoms with Crippen molar-refractivity contribution in [2.75, 3.05) is 0 Å². The van der Waals surface area contributed by atoms with Gasteiger partial charge in [0.1, 0.15) is 11.6 Å². The van der Waals surface area contributed by atoms with Crippen LogP contribution in [-0.4, -0.2) is 12.0 Å². The third-order valence-electron chi connectivity index (χ3n) is 4.15. The molecule has 4 heteroatoms. The molecule has 2 aromatic rings. The number of aryl methyl sites for hydroxylation is 2. The summed E-state index contributed by atoms with van der Waals surface area (Å²) in [5, 5.41) is 3.02. The van der Waals surface area contributed by atoms with E-state index in [1.54, 1.807) is 6.92 Å². The van der Waals surface area contributed by atoms with Crippen molar-refractivity contribution < 1.29 is 13.9 Å². The van der Waals surface area contributed by atoms with Crippen LogP contribution >= 0.6 is 0 Å². The van der Waals surface area contributed by atoms with E-state index in [9.17, 15) is 9.18 Å². The van der Waals surface area contributed by atoms with Crippen LogP contribution in [0, 0.1) is 19.7 Å². The van der Waals surface area contributed by atoms with Gasteiger partial charge in [0, 0.05) is 0 Å². The first-order valence-corrected chi connectivity index (χ1v) is 8.20. The van der Waals surface area contributed by atoms with E-state index in [1.807, 2.05) is 13.0 Å². The molecule has 0 saturated heterocycles. The highest BCUT2D eigenvalue weighted by Gasteiger charge is 2.19. The van der Waals surface area contributed by atoms with Crippen molar-refractivity contribution in [3.63, 3.8) is 0 Å². The van der Waals surface area contributed by atoms with Crippen molar-refractivity contribution in [1.82, 2.24) is 5.32 Å². The summed E-state index contributed by atoms with van der Waals surface area (Å²) in [5.41, 5.74) is 3.52. The van der Waals surface area contributed by atoms with Gasteiger partial charge in [-0.25, -0.2) is 4.39 Å². The third kappa shape index (κ3) is 4.57. The van der Waals surface area contributed by atoms with Crippen LogP contribution in [0.4, 0.5) is 4.39 Å². The maximum Gasteiger partial charge on any atom is 0.261 e. The fourth-order valence-electron chi connectivity index (χ4n) is 2.46. The SMILES string of the molecule is CC[C@@H](NC(=O)[C@H](C)Oc1ccc(F)cc1)c1ccc(C)c(C)c1. The second-order valence-corrected chi connectivity index (χ2v) is 6.03. The summed E-state index contributed by atoms with van der Waals surface area (Å²) >= 11 is 0. The highest BCUT2D eigenvalue weighted by molar-refractivity contribution is 5.81. The van der Waals surface area contributed by atoms with E-state index in [2.05, 4.69) is 31.3 Å². The Morgan fingerprint density at radius 2 is 1.79 bits per heavy atom. The lowest BCUT2D eigenvalue weighted by molar-refractivity contribution is -0.128. The largest absolute Gasteiger partial charge is 0.481 e. The molecule has 0 radical (unpaired) electrons. The maximum atomic E-state index is 12.9. The number of carbonyl (C=O) groups is 1. The van der Waals surface area contributed by atoms with Crippen molar-refractivity contribution in [2.24, 2.45) is 0 Å². The number of nitrogens with one attached hydrogen (secondary N) is 1. The van der Waals surface area contributed by atoms with Gasteiger partial charge >= 0.3 is 0 Å². The lowest BCUT2D eigenvalue weighted by Gasteiger charge is -2.21. The van der Waals surface area contributed by atoms with Crippen molar-refractivity contribution in [1.29, 1.82) is 0 Å². The first kappa shape index (κ1) is 18.0. The normalized spacial score (nSPS) is 13.2. The minimum atomic E-state index is -0.656. The van der Waals surface area contributed by atoms with Crippen molar-refractivity contribution in [3.05, 3.63) is 65.0 Å². The Morgan fingerprint density at radius 3 is 2.38 bits per heavy atom. The molecule has 0 fully saturated rings. The summed E-state index contributed by atoms with van der Waals surface area (Å²) < 4.78 is 18.5. The van der Waals surface area contributed by atoms with E-state index in [1.165, 1.54) is 35.4 Å². The molecule has 24 heavy (non-hydrogen) atoms. The predicted molar refractivity (Wildman–Crippen MR) is 93.6 cm³/mol. The summed E-state index contributed by atoms with van der Waals surface area (Å²) in [6.45, 7) is 7.85. The molecule has 128 valence electrons. The summed E-state index contributed by atoms with van der Waals surface area (Å²) in [7, 11) is 0. The molecule has 0 saturated carbocycles. The highest BCUT2D eigenvalue weighted by Crippen LogP contribution is 2.20. The van der Waals surface area contributed by atoms with Gasteiger partial charge in [-0.15, -0.1) is 0 Å². The predicted octanol–water partition coefficient (Wildman–Crippen LogP) is 4.48. The Morgan fingerprint density at radius 1 is 1.12 bits per heavy atom. The van der Waals surface area contributed by atoms with Gasteiger partial charge in [-0.3, -0.25) is 4.79 Å². The average molecular weight is 329 g/mol. The van der Waals surface area contributed by atoms with E-state index in [-0.39, 0.29) is 17.8 Å². The Kier molecular flexibility index (Phi) is 5.96. The maximum absolute atomic E-state index is 12.9. The Bertz CT molecular complexity index is 697. The van der Waals surface area contributed by atoms with Crippen LogP contribution in [0.5, 0.6) is 5.75 Å². The molecule has 2 aromatic carbocycles. The number of ether oxygens (including phenoxy) is 1. The van der Waals surface area contributed by atoms with E-state index >= 15 is 0 Å². The van der Waals surface area contributed by atoms with Gasteiger partial charge < -0.3 is 10.1 Å². The Hall–Kier alpha value is -2.36. The molecule has 0 aliphatic carbocycles. The number of carbonyl (C=O) groups excluding carboxylic acids is 1.